The van der Waals surface area contributed by atoms with Gasteiger partial charge in [0.2, 0.25) is 0 Å². The smallest absolute Gasteiger partial charge is 0.183 e. The molecule has 0 fully saturated rings. The minimum atomic E-state index is -0.551. The lowest BCUT2D eigenvalue weighted by atomic mass is 10.2. The summed E-state index contributed by atoms with van der Waals surface area (Å²) >= 11 is 5.59. The molecule has 0 spiro atoms. The van der Waals surface area contributed by atoms with Crippen LogP contribution >= 0.6 is 11.6 Å². The molecule has 1 aromatic rings. The van der Waals surface area contributed by atoms with Gasteiger partial charge < -0.3 is 9.57 Å². The zero-order valence-electron chi connectivity index (χ0n) is 7.93. The third-order valence-electron chi connectivity index (χ3n) is 1.74. The summed E-state index contributed by atoms with van der Waals surface area (Å²) in [4.78, 5) is 4.65. The fourth-order valence-electron chi connectivity index (χ4n) is 1.08. The van der Waals surface area contributed by atoms with Gasteiger partial charge in [-0.25, -0.2) is 4.39 Å². The van der Waals surface area contributed by atoms with E-state index < -0.39 is 5.82 Å². The molecule has 0 radical (unpaired) electrons. The van der Waals surface area contributed by atoms with Gasteiger partial charge in [-0.05, 0) is 6.07 Å². The van der Waals surface area contributed by atoms with Crippen LogP contribution in [0.15, 0.2) is 12.1 Å². The first-order chi connectivity index (χ1) is 6.70. The molecule has 78 valence electrons. The highest BCUT2D eigenvalue weighted by Crippen LogP contribution is 2.28. The predicted octanol–water partition coefficient (Wildman–Crippen LogP) is 2.14. The highest BCUT2D eigenvalue weighted by molar-refractivity contribution is 6.30. The van der Waals surface area contributed by atoms with Gasteiger partial charge in [0.05, 0.1) is 19.2 Å². The Hall–Kier alpha value is -0.840. The standard InChI is InChI=1S/C9H11ClFNO2/c1-13-9-6(5-12-14-2)3-4-7(10)8(9)11/h3-4,12H,5H2,1-2H3. The average molecular weight is 220 g/mol. The number of hydroxylamine groups is 1. The van der Waals surface area contributed by atoms with Crippen molar-refractivity contribution in [1.29, 1.82) is 0 Å². The first-order valence-electron chi connectivity index (χ1n) is 3.97. The van der Waals surface area contributed by atoms with Crippen molar-refractivity contribution in [3.8, 4) is 5.75 Å². The molecule has 0 aliphatic heterocycles. The molecular formula is C9H11ClFNO2. The third-order valence-corrected chi connectivity index (χ3v) is 2.03. The Morgan fingerprint density at radius 3 is 2.71 bits per heavy atom. The number of ether oxygens (including phenoxy) is 1. The van der Waals surface area contributed by atoms with Crippen LogP contribution < -0.4 is 10.2 Å². The Morgan fingerprint density at radius 1 is 1.43 bits per heavy atom. The summed E-state index contributed by atoms with van der Waals surface area (Å²) in [5.41, 5.74) is 3.25. The molecule has 0 saturated heterocycles. The highest BCUT2D eigenvalue weighted by atomic mass is 35.5. The maximum Gasteiger partial charge on any atom is 0.183 e. The topological polar surface area (TPSA) is 30.5 Å². The van der Waals surface area contributed by atoms with Crippen LogP contribution in [0.5, 0.6) is 5.75 Å². The Bertz CT molecular complexity index is 320. The molecule has 14 heavy (non-hydrogen) atoms. The quantitative estimate of drug-likeness (QED) is 0.787. The lowest BCUT2D eigenvalue weighted by Crippen LogP contribution is -2.12. The van der Waals surface area contributed by atoms with Gasteiger partial charge in [-0.2, -0.15) is 5.48 Å². The van der Waals surface area contributed by atoms with Crippen LogP contribution in [0.2, 0.25) is 5.02 Å². The number of nitrogens with one attached hydrogen (secondary N) is 1. The SMILES string of the molecule is CONCc1ccc(Cl)c(F)c1OC. The van der Waals surface area contributed by atoms with Crippen molar-refractivity contribution < 1.29 is 14.0 Å². The second kappa shape index (κ2) is 5.14. The normalized spacial score (nSPS) is 10.3. The summed E-state index contributed by atoms with van der Waals surface area (Å²) in [5, 5.41) is 0.0445. The first kappa shape index (κ1) is 11.2. The van der Waals surface area contributed by atoms with Gasteiger partial charge in [0, 0.05) is 12.1 Å². The number of methoxy groups -OCH3 is 1. The molecular weight excluding hydrogens is 209 g/mol. The maximum absolute atomic E-state index is 13.4. The second-order valence-electron chi connectivity index (χ2n) is 2.58. The Balaban J connectivity index is 2.98. The Morgan fingerprint density at radius 2 is 2.14 bits per heavy atom. The summed E-state index contributed by atoms with van der Waals surface area (Å²) in [6.45, 7) is 0.355. The van der Waals surface area contributed by atoms with Gasteiger partial charge in [0.1, 0.15) is 0 Å². The summed E-state index contributed by atoms with van der Waals surface area (Å²) in [6, 6.07) is 3.16. The minimum Gasteiger partial charge on any atom is -0.493 e. The van der Waals surface area contributed by atoms with Crippen LogP contribution in [0.25, 0.3) is 0 Å². The molecule has 1 rings (SSSR count). The van der Waals surface area contributed by atoms with E-state index in [2.05, 4.69) is 10.3 Å². The van der Waals surface area contributed by atoms with Crippen molar-refractivity contribution in [2.24, 2.45) is 0 Å². The van der Waals surface area contributed by atoms with Crippen molar-refractivity contribution in [2.75, 3.05) is 14.2 Å². The van der Waals surface area contributed by atoms with Gasteiger partial charge in [0.25, 0.3) is 0 Å². The zero-order chi connectivity index (χ0) is 10.6. The maximum atomic E-state index is 13.4. The molecule has 0 aliphatic carbocycles. The summed E-state index contributed by atoms with van der Waals surface area (Å²) < 4.78 is 18.3. The lowest BCUT2D eigenvalue weighted by molar-refractivity contribution is 0.0860. The van der Waals surface area contributed by atoms with E-state index in [-0.39, 0.29) is 10.8 Å². The van der Waals surface area contributed by atoms with E-state index >= 15 is 0 Å². The van der Waals surface area contributed by atoms with Gasteiger partial charge in [-0.1, -0.05) is 17.7 Å². The molecule has 5 heteroatoms. The zero-order valence-corrected chi connectivity index (χ0v) is 8.69. The molecule has 0 aromatic heterocycles. The van der Waals surface area contributed by atoms with Gasteiger partial charge in [-0.3, -0.25) is 0 Å². The van der Waals surface area contributed by atoms with E-state index in [1.807, 2.05) is 0 Å². The van der Waals surface area contributed by atoms with E-state index in [9.17, 15) is 4.39 Å². The number of hydrogen-bond donors (Lipinski definition) is 1. The molecule has 0 aliphatic rings. The molecule has 0 heterocycles. The highest BCUT2D eigenvalue weighted by Gasteiger charge is 2.12. The largest absolute Gasteiger partial charge is 0.493 e. The van der Waals surface area contributed by atoms with Crippen LogP contribution in [-0.2, 0) is 11.4 Å². The molecule has 0 bridgehead atoms. The van der Waals surface area contributed by atoms with Crippen molar-refractivity contribution in [3.05, 3.63) is 28.5 Å². The van der Waals surface area contributed by atoms with Gasteiger partial charge in [-0.15, -0.1) is 0 Å². The molecule has 0 saturated carbocycles. The van der Waals surface area contributed by atoms with Crippen molar-refractivity contribution in [2.45, 2.75) is 6.54 Å². The Kier molecular flexibility index (Phi) is 4.13. The molecule has 3 nitrogen and oxygen atoms in total. The summed E-state index contributed by atoms with van der Waals surface area (Å²) in [6.07, 6.45) is 0. The van der Waals surface area contributed by atoms with E-state index in [4.69, 9.17) is 16.3 Å². The van der Waals surface area contributed by atoms with Crippen molar-refractivity contribution in [1.82, 2.24) is 5.48 Å². The van der Waals surface area contributed by atoms with Gasteiger partial charge in [0.15, 0.2) is 11.6 Å². The van der Waals surface area contributed by atoms with E-state index in [1.54, 1.807) is 6.07 Å². The van der Waals surface area contributed by atoms with E-state index in [1.165, 1.54) is 20.3 Å². The summed E-state index contributed by atoms with van der Waals surface area (Å²) in [5.74, 6) is -0.411. The molecule has 1 aromatic carbocycles. The van der Waals surface area contributed by atoms with Crippen LogP contribution in [0.3, 0.4) is 0 Å². The van der Waals surface area contributed by atoms with Gasteiger partial charge >= 0.3 is 0 Å². The first-order valence-corrected chi connectivity index (χ1v) is 4.35. The number of halogens is 2. The summed E-state index contributed by atoms with van der Waals surface area (Å²) in [7, 11) is 2.88. The van der Waals surface area contributed by atoms with Crippen LogP contribution in [-0.4, -0.2) is 14.2 Å². The van der Waals surface area contributed by atoms with Crippen molar-refractivity contribution in [3.63, 3.8) is 0 Å². The van der Waals surface area contributed by atoms with Crippen molar-refractivity contribution >= 4 is 11.6 Å². The number of hydrogen-bond acceptors (Lipinski definition) is 3. The van der Waals surface area contributed by atoms with Crippen LogP contribution in [0.4, 0.5) is 4.39 Å². The number of benzene rings is 1. The Labute approximate surface area is 86.7 Å². The molecule has 0 amide bonds. The minimum absolute atomic E-state index is 0.0445. The predicted molar refractivity (Wildman–Crippen MR) is 51.8 cm³/mol. The lowest BCUT2D eigenvalue weighted by Gasteiger charge is -2.10. The van der Waals surface area contributed by atoms with Crippen LogP contribution in [0.1, 0.15) is 5.56 Å². The molecule has 1 N–H and O–H groups in total. The fraction of sp³-hybridized carbons (Fsp3) is 0.333. The fourth-order valence-corrected chi connectivity index (χ4v) is 1.23. The van der Waals surface area contributed by atoms with E-state index in [0.717, 1.165) is 0 Å². The second-order valence-corrected chi connectivity index (χ2v) is 2.99. The monoisotopic (exact) mass is 219 g/mol. The number of rotatable bonds is 4. The third kappa shape index (κ3) is 2.35. The average Bonchev–Trinajstić information content (AvgIpc) is 2.20. The molecule has 0 atom stereocenters. The van der Waals surface area contributed by atoms with Crippen LogP contribution in [0, 0.1) is 5.82 Å². The molecule has 0 unspecified atom stereocenters. The van der Waals surface area contributed by atoms with E-state index in [0.29, 0.717) is 12.1 Å².